The number of H-pyrrole nitrogens is 1. The number of morpholine rings is 1. The third kappa shape index (κ3) is 5.06. The highest BCUT2D eigenvalue weighted by atomic mass is 16.5. The number of benzene rings is 2. The molecule has 2 atom stereocenters. The Hall–Kier alpha value is -3.03. The van der Waals surface area contributed by atoms with E-state index in [9.17, 15) is 9.59 Å². The predicted octanol–water partition coefficient (Wildman–Crippen LogP) is 3.19. The topological polar surface area (TPSA) is 78.5 Å². The summed E-state index contributed by atoms with van der Waals surface area (Å²) in [5.74, 6) is 0.402. The van der Waals surface area contributed by atoms with Crippen molar-refractivity contribution in [2.24, 2.45) is 0 Å². The Labute approximate surface area is 188 Å². The van der Waals surface area contributed by atoms with Gasteiger partial charge in [0.1, 0.15) is 5.82 Å². The zero-order valence-corrected chi connectivity index (χ0v) is 18.9. The van der Waals surface area contributed by atoms with Crippen LogP contribution in [-0.2, 0) is 17.8 Å². The first-order chi connectivity index (χ1) is 15.4. The molecule has 1 aliphatic heterocycles. The molecule has 1 N–H and O–H groups in total. The second kappa shape index (κ2) is 9.63. The van der Waals surface area contributed by atoms with Crippen molar-refractivity contribution in [2.45, 2.75) is 46.1 Å². The van der Waals surface area contributed by atoms with Gasteiger partial charge in [0.15, 0.2) is 0 Å². The smallest absolute Gasteiger partial charge is 0.258 e. The average molecular weight is 435 g/mol. The molecule has 0 radical (unpaired) electrons. The number of aromatic nitrogens is 2. The molecule has 2 aromatic carbocycles. The van der Waals surface area contributed by atoms with Gasteiger partial charge in [-0.25, -0.2) is 4.98 Å². The molecule has 0 spiro atoms. The molecule has 1 fully saturated rings. The number of carbonyl (C=O) groups excluding carboxylic acids is 1. The van der Waals surface area contributed by atoms with Crippen LogP contribution in [-0.4, -0.2) is 57.5 Å². The molecule has 1 amide bonds. The van der Waals surface area contributed by atoms with Crippen molar-refractivity contribution >= 4 is 16.8 Å². The highest BCUT2D eigenvalue weighted by Crippen LogP contribution is 2.16. The average Bonchev–Trinajstić information content (AvgIpc) is 2.77. The number of carbonyl (C=O) groups is 1. The molecule has 32 heavy (non-hydrogen) atoms. The maximum absolute atomic E-state index is 13.1. The van der Waals surface area contributed by atoms with E-state index in [2.05, 4.69) is 28.7 Å². The molecule has 1 saturated heterocycles. The first-order valence-corrected chi connectivity index (χ1v) is 11.2. The summed E-state index contributed by atoms with van der Waals surface area (Å²) in [7, 11) is 0. The number of rotatable bonds is 6. The molecule has 3 aromatic rings. The van der Waals surface area contributed by atoms with Crippen molar-refractivity contribution in [3.8, 4) is 0 Å². The maximum atomic E-state index is 13.1. The summed E-state index contributed by atoms with van der Waals surface area (Å²) < 4.78 is 5.80. The van der Waals surface area contributed by atoms with Gasteiger partial charge in [-0.3, -0.25) is 14.5 Å². The lowest BCUT2D eigenvalue weighted by Crippen LogP contribution is -2.44. The fourth-order valence-corrected chi connectivity index (χ4v) is 4.32. The summed E-state index contributed by atoms with van der Waals surface area (Å²) in [6, 6.07) is 15.0. The number of nitrogens with zero attached hydrogens (tertiary/aromatic N) is 3. The van der Waals surface area contributed by atoms with Crippen LogP contribution in [0, 0.1) is 0 Å². The molecule has 0 aliphatic carbocycles. The molecule has 7 nitrogen and oxygen atoms in total. The molecular formula is C25H30N4O3. The maximum Gasteiger partial charge on any atom is 0.258 e. The Morgan fingerprint density at radius 2 is 1.81 bits per heavy atom. The summed E-state index contributed by atoms with van der Waals surface area (Å²) in [5.41, 5.74) is 2.24. The zero-order valence-electron chi connectivity index (χ0n) is 18.9. The minimum absolute atomic E-state index is 0.0801. The van der Waals surface area contributed by atoms with E-state index in [1.54, 1.807) is 17.0 Å². The SMILES string of the molecule is CCN(Cc1nc2ccccc2c(=O)[nH]1)C(=O)c1ccc(CN2C[C@@H](C)O[C@H](C)C2)cc1. The summed E-state index contributed by atoms with van der Waals surface area (Å²) in [5, 5.41) is 0.547. The van der Waals surface area contributed by atoms with E-state index in [1.165, 1.54) is 5.56 Å². The Bertz CT molecular complexity index is 1130. The quantitative estimate of drug-likeness (QED) is 0.645. The van der Waals surface area contributed by atoms with Crippen LogP contribution in [0.1, 0.15) is 42.5 Å². The minimum atomic E-state index is -0.190. The molecular weight excluding hydrogens is 404 g/mol. The minimum Gasteiger partial charge on any atom is -0.373 e. The van der Waals surface area contributed by atoms with E-state index >= 15 is 0 Å². The second-order valence-corrected chi connectivity index (χ2v) is 8.50. The van der Waals surface area contributed by atoms with E-state index in [-0.39, 0.29) is 30.2 Å². The molecule has 2 heterocycles. The molecule has 168 valence electrons. The number of hydrogen-bond donors (Lipinski definition) is 1. The van der Waals surface area contributed by atoms with E-state index in [1.807, 2.05) is 43.3 Å². The monoisotopic (exact) mass is 434 g/mol. The van der Waals surface area contributed by atoms with Gasteiger partial charge in [-0.2, -0.15) is 0 Å². The first kappa shape index (κ1) is 22.2. The number of nitrogens with one attached hydrogen (secondary N) is 1. The van der Waals surface area contributed by atoms with Gasteiger partial charge in [0.05, 0.1) is 29.7 Å². The third-order valence-corrected chi connectivity index (χ3v) is 5.77. The van der Waals surface area contributed by atoms with Gasteiger partial charge in [-0.15, -0.1) is 0 Å². The molecule has 0 saturated carbocycles. The number of fused-ring (bicyclic) bond motifs is 1. The lowest BCUT2D eigenvalue weighted by Gasteiger charge is -2.35. The Balaban J connectivity index is 1.45. The highest BCUT2D eigenvalue weighted by molar-refractivity contribution is 5.94. The van der Waals surface area contributed by atoms with Gasteiger partial charge < -0.3 is 14.6 Å². The van der Waals surface area contributed by atoms with Crippen molar-refractivity contribution in [3.63, 3.8) is 0 Å². The first-order valence-electron chi connectivity index (χ1n) is 11.2. The normalized spacial score (nSPS) is 19.2. The van der Waals surface area contributed by atoms with E-state index in [0.29, 0.717) is 28.8 Å². The van der Waals surface area contributed by atoms with Crippen LogP contribution in [0.2, 0.25) is 0 Å². The summed E-state index contributed by atoms with van der Waals surface area (Å²) >= 11 is 0. The van der Waals surface area contributed by atoms with Crippen LogP contribution < -0.4 is 5.56 Å². The Morgan fingerprint density at radius 1 is 1.12 bits per heavy atom. The molecule has 1 aromatic heterocycles. The van der Waals surface area contributed by atoms with Crippen LogP contribution in [0.5, 0.6) is 0 Å². The number of aromatic amines is 1. The zero-order chi connectivity index (χ0) is 22.7. The van der Waals surface area contributed by atoms with E-state index in [4.69, 9.17) is 4.74 Å². The highest BCUT2D eigenvalue weighted by Gasteiger charge is 2.22. The van der Waals surface area contributed by atoms with Gasteiger partial charge >= 0.3 is 0 Å². The largest absolute Gasteiger partial charge is 0.373 e. The standard InChI is InChI=1S/C25H30N4O3/c1-4-29(16-23-26-22-8-6-5-7-21(22)24(30)27-23)25(31)20-11-9-19(10-12-20)15-28-13-17(2)32-18(3)14-28/h5-12,17-18H,4,13-16H2,1-3H3,(H,26,27,30)/t17-,18-/m1/s1. The van der Waals surface area contributed by atoms with Crippen LogP contribution in [0.25, 0.3) is 10.9 Å². The van der Waals surface area contributed by atoms with Crippen molar-refractivity contribution in [1.82, 2.24) is 19.8 Å². The van der Waals surface area contributed by atoms with Crippen molar-refractivity contribution < 1.29 is 9.53 Å². The fraction of sp³-hybridized carbons (Fsp3) is 0.400. The predicted molar refractivity (Wildman–Crippen MR) is 125 cm³/mol. The third-order valence-electron chi connectivity index (χ3n) is 5.77. The summed E-state index contributed by atoms with van der Waals surface area (Å²) in [6.45, 7) is 9.54. The summed E-state index contributed by atoms with van der Waals surface area (Å²) in [4.78, 5) is 36.8. The van der Waals surface area contributed by atoms with Gasteiger partial charge in [0.25, 0.3) is 11.5 Å². The van der Waals surface area contributed by atoms with Crippen molar-refractivity contribution in [3.05, 3.63) is 75.8 Å². The lowest BCUT2D eigenvalue weighted by atomic mass is 10.1. The van der Waals surface area contributed by atoms with Gasteiger partial charge in [-0.05, 0) is 50.6 Å². The number of amides is 1. The summed E-state index contributed by atoms with van der Waals surface area (Å²) in [6.07, 6.45) is 0.459. The Kier molecular flexibility index (Phi) is 6.67. The van der Waals surface area contributed by atoms with E-state index < -0.39 is 0 Å². The fourth-order valence-electron chi connectivity index (χ4n) is 4.32. The number of hydrogen-bond acceptors (Lipinski definition) is 5. The molecule has 4 rings (SSSR count). The second-order valence-electron chi connectivity index (χ2n) is 8.50. The van der Waals surface area contributed by atoms with Crippen LogP contribution >= 0.6 is 0 Å². The molecule has 0 bridgehead atoms. The lowest BCUT2D eigenvalue weighted by molar-refractivity contribution is -0.0704. The number of ether oxygens (including phenoxy) is 1. The molecule has 7 heteroatoms. The van der Waals surface area contributed by atoms with E-state index in [0.717, 1.165) is 19.6 Å². The van der Waals surface area contributed by atoms with Gasteiger partial charge in [0, 0.05) is 31.7 Å². The van der Waals surface area contributed by atoms with Gasteiger partial charge in [-0.1, -0.05) is 24.3 Å². The molecule has 1 aliphatic rings. The van der Waals surface area contributed by atoms with Gasteiger partial charge in [0.2, 0.25) is 0 Å². The van der Waals surface area contributed by atoms with Crippen molar-refractivity contribution in [1.29, 1.82) is 0 Å². The Morgan fingerprint density at radius 3 is 2.50 bits per heavy atom. The van der Waals surface area contributed by atoms with Crippen LogP contribution in [0.3, 0.4) is 0 Å². The van der Waals surface area contributed by atoms with Crippen LogP contribution in [0.15, 0.2) is 53.3 Å². The number of para-hydroxylation sites is 1. The van der Waals surface area contributed by atoms with Crippen molar-refractivity contribution in [2.75, 3.05) is 19.6 Å². The van der Waals surface area contributed by atoms with Crippen LogP contribution in [0.4, 0.5) is 0 Å². The molecule has 0 unspecified atom stereocenters.